The van der Waals surface area contributed by atoms with Crippen LogP contribution < -0.4 is 10.2 Å². The summed E-state index contributed by atoms with van der Waals surface area (Å²) >= 11 is 5.48. The molecule has 0 spiro atoms. The highest BCUT2D eigenvalue weighted by Crippen LogP contribution is 2.40. The van der Waals surface area contributed by atoms with E-state index in [1.807, 2.05) is 30.3 Å². The maximum absolute atomic E-state index is 13.6. The summed E-state index contributed by atoms with van der Waals surface area (Å²) in [7, 11) is 3.13. The highest BCUT2D eigenvalue weighted by Gasteiger charge is 2.40. The van der Waals surface area contributed by atoms with Crippen molar-refractivity contribution in [1.29, 1.82) is 0 Å². The fourth-order valence-electron chi connectivity index (χ4n) is 3.39. The second-order valence-electron chi connectivity index (χ2n) is 6.84. The molecule has 0 saturated carbocycles. The van der Waals surface area contributed by atoms with E-state index in [1.54, 1.807) is 25.9 Å². The van der Waals surface area contributed by atoms with Crippen molar-refractivity contribution >= 4 is 28.9 Å². The van der Waals surface area contributed by atoms with E-state index in [0.717, 1.165) is 6.07 Å². The highest BCUT2D eigenvalue weighted by atomic mass is 32.1. The standard InChI is InChI=1S/C21H20F3N3OS/c1-13-17(19(28)26(2)3)18(15-11-7-8-12-16(15)21(22,23)24)25-20(29)27(13)14-9-5-4-6-10-14/h4-12,18H,1-3H3,(H,25,29). The van der Waals surface area contributed by atoms with Gasteiger partial charge >= 0.3 is 6.18 Å². The predicted molar refractivity (Wildman–Crippen MR) is 110 cm³/mol. The lowest BCUT2D eigenvalue weighted by atomic mass is 9.90. The Balaban J connectivity index is 2.23. The Morgan fingerprint density at radius 2 is 1.66 bits per heavy atom. The molecule has 4 nitrogen and oxygen atoms in total. The Morgan fingerprint density at radius 3 is 2.24 bits per heavy atom. The third-order valence-electron chi connectivity index (χ3n) is 4.71. The molecule has 0 radical (unpaired) electrons. The molecular formula is C21H20F3N3OS. The van der Waals surface area contributed by atoms with Crippen LogP contribution in [-0.4, -0.2) is 30.0 Å². The van der Waals surface area contributed by atoms with Crippen LogP contribution in [0.3, 0.4) is 0 Å². The van der Waals surface area contributed by atoms with E-state index >= 15 is 0 Å². The number of halogens is 3. The van der Waals surface area contributed by atoms with Crippen molar-refractivity contribution in [3.8, 4) is 0 Å². The average Bonchev–Trinajstić information content (AvgIpc) is 2.67. The van der Waals surface area contributed by atoms with E-state index in [0.29, 0.717) is 11.4 Å². The van der Waals surface area contributed by atoms with Crippen molar-refractivity contribution in [3.05, 3.63) is 77.0 Å². The number of amides is 1. The number of thiocarbonyl (C=S) groups is 1. The summed E-state index contributed by atoms with van der Waals surface area (Å²) in [5.41, 5.74) is 0.573. The lowest BCUT2D eigenvalue weighted by Gasteiger charge is -2.39. The molecule has 1 atom stereocenters. The Labute approximate surface area is 172 Å². The summed E-state index contributed by atoms with van der Waals surface area (Å²) in [6.07, 6.45) is -4.56. The molecule has 1 unspecified atom stereocenters. The molecule has 1 amide bonds. The first kappa shape index (κ1) is 20.9. The minimum absolute atomic E-state index is 0.0420. The SMILES string of the molecule is CC1=C(C(=O)N(C)C)C(c2ccccc2C(F)(F)F)NC(=S)N1c1ccccc1. The maximum Gasteiger partial charge on any atom is 0.416 e. The fraction of sp³-hybridized carbons (Fsp3) is 0.238. The van der Waals surface area contributed by atoms with Crippen LogP contribution in [0.25, 0.3) is 0 Å². The predicted octanol–water partition coefficient (Wildman–Crippen LogP) is 4.50. The molecule has 1 heterocycles. The van der Waals surface area contributed by atoms with Gasteiger partial charge in [-0.2, -0.15) is 13.2 Å². The number of nitrogens with zero attached hydrogens (tertiary/aromatic N) is 2. The van der Waals surface area contributed by atoms with Crippen LogP contribution in [0.5, 0.6) is 0 Å². The molecule has 1 N–H and O–H groups in total. The molecule has 0 aliphatic carbocycles. The topological polar surface area (TPSA) is 35.6 Å². The number of alkyl halides is 3. The van der Waals surface area contributed by atoms with Gasteiger partial charge in [-0.15, -0.1) is 0 Å². The Hall–Kier alpha value is -2.87. The number of carbonyl (C=O) groups is 1. The van der Waals surface area contributed by atoms with Crippen LogP contribution in [0.15, 0.2) is 65.9 Å². The van der Waals surface area contributed by atoms with Crippen LogP contribution in [0.2, 0.25) is 0 Å². The van der Waals surface area contributed by atoms with Gasteiger partial charge in [-0.05, 0) is 42.9 Å². The number of anilines is 1. The lowest BCUT2D eigenvalue weighted by Crippen LogP contribution is -2.49. The third-order valence-corrected chi connectivity index (χ3v) is 5.01. The number of carbonyl (C=O) groups excluding carboxylic acids is 1. The van der Waals surface area contributed by atoms with Gasteiger partial charge in [-0.3, -0.25) is 9.69 Å². The molecule has 2 aromatic carbocycles. The van der Waals surface area contributed by atoms with E-state index in [4.69, 9.17) is 12.2 Å². The van der Waals surface area contributed by atoms with Crippen molar-refractivity contribution in [1.82, 2.24) is 10.2 Å². The first-order valence-electron chi connectivity index (χ1n) is 8.87. The number of hydrogen-bond acceptors (Lipinski definition) is 2. The van der Waals surface area contributed by atoms with Crippen LogP contribution >= 0.6 is 12.2 Å². The molecule has 8 heteroatoms. The molecule has 3 rings (SSSR count). The minimum Gasteiger partial charge on any atom is -0.351 e. The summed E-state index contributed by atoms with van der Waals surface area (Å²) in [6.45, 7) is 1.69. The number of rotatable bonds is 3. The molecule has 0 saturated heterocycles. The first-order valence-corrected chi connectivity index (χ1v) is 9.28. The first-order chi connectivity index (χ1) is 13.6. The van der Waals surface area contributed by atoms with Gasteiger partial charge in [0.05, 0.1) is 17.2 Å². The zero-order chi connectivity index (χ0) is 21.3. The van der Waals surface area contributed by atoms with Crippen molar-refractivity contribution in [3.63, 3.8) is 0 Å². The number of hydrogen-bond donors (Lipinski definition) is 1. The molecule has 2 aromatic rings. The van der Waals surface area contributed by atoms with Gasteiger partial charge in [-0.1, -0.05) is 36.4 Å². The maximum atomic E-state index is 13.6. The van der Waals surface area contributed by atoms with Crippen molar-refractivity contribution in [2.24, 2.45) is 0 Å². The molecule has 1 aliphatic rings. The van der Waals surface area contributed by atoms with E-state index in [1.165, 1.54) is 23.1 Å². The van der Waals surface area contributed by atoms with Gasteiger partial charge in [0.25, 0.3) is 5.91 Å². The minimum atomic E-state index is -4.56. The van der Waals surface area contributed by atoms with E-state index in [-0.39, 0.29) is 22.2 Å². The van der Waals surface area contributed by atoms with Gasteiger partial charge < -0.3 is 10.2 Å². The summed E-state index contributed by atoms with van der Waals surface area (Å²) in [5.74, 6) is -0.389. The van der Waals surface area contributed by atoms with Gasteiger partial charge in [-0.25, -0.2) is 0 Å². The zero-order valence-corrected chi connectivity index (χ0v) is 16.9. The lowest BCUT2D eigenvalue weighted by molar-refractivity contribution is -0.138. The summed E-state index contributed by atoms with van der Waals surface area (Å²) in [6, 6.07) is 13.3. The van der Waals surface area contributed by atoms with Crippen LogP contribution in [0.4, 0.5) is 18.9 Å². The van der Waals surface area contributed by atoms with Crippen LogP contribution in [0, 0.1) is 0 Å². The van der Waals surface area contributed by atoms with Crippen LogP contribution in [0.1, 0.15) is 24.1 Å². The number of para-hydroxylation sites is 1. The van der Waals surface area contributed by atoms with Gasteiger partial charge in [0.2, 0.25) is 0 Å². The van der Waals surface area contributed by atoms with Gasteiger partial charge in [0.1, 0.15) is 0 Å². The summed E-state index contributed by atoms with van der Waals surface area (Å²) < 4.78 is 40.9. The quantitative estimate of drug-likeness (QED) is 0.743. The molecule has 0 aromatic heterocycles. The smallest absolute Gasteiger partial charge is 0.351 e. The van der Waals surface area contributed by atoms with E-state index < -0.39 is 17.8 Å². The van der Waals surface area contributed by atoms with Crippen molar-refractivity contribution in [2.75, 3.05) is 19.0 Å². The number of allylic oxidation sites excluding steroid dienone is 1. The Bertz CT molecular complexity index is 971. The number of nitrogens with one attached hydrogen (secondary N) is 1. The normalized spacial score (nSPS) is 17.2. The molecule has 29 heavy (non-hydrogen) atoms. The van der Waals surface area contributed by atoms with E-state index in [9.17, 15) is 18.0 Å². The van der Waals surface area contributed by atoms with Gasteiger partial charge in [0.15, 0.2) is 5.11 Å². The van der Waals surface area contributed by atoms with Gasteiger partial charge in [0, 0.05) is 25.5 Å². The van der Waals surface area contributed by atoms with Crippen molar-refractivity contribution < 1.29 is 18.0 Å². The monoisotopic (exact) mass is 419 g/mol. The van der Waals surface area contributed by atoms with Crippen LogP contribution in [-0.2, 0) is 11.0 Å². The highest BCUT2D eigenvalue weighted by molar-refractivity contribution is 7.80. The Kier molecular flexibility index (Phi) is 5.66. The fourth-order valence-corrected chi connectivity index (χ4v) is 3.75. The zero-order valence-electron chi connectivity index (χ0n) is 16.1. The Morgan fingerprint density at radius 1 is 1.07 bits per heavy atom. The molecule has 152 valence electrons. The number of benzene rings is 2. The molecular weight excluding hydrogens is 399 g/mol. The largest absolute Gasteiger partial charge is 0.416 e. The molecule has 0 bridgehead atoms. The second-order valence-corrected chi connectivity index (χ2v) is 7.22. The van der Waals surface area contributed by atoms with E-state index in [2.05, 4.69) is 5.32 Å². The molecule has 0 fully saturated rings. The molecule has 1 aliphatic heterocycles. The second kappa shape index (κ2) is 7.87. The summed E-state index contributed by atoms with van der Waals surface area (Å²) in [4.78, 5) is 16.0. The summed E-state index contributed by atoms with van der Waals surface area (Å²) in [5, 5.41) is 3.19. The third kappa shape index (κ3) is 3.98. The van der Waals surface area contributed by atoms with Crippen molar-refractivity contribution in [2.45, 2.75) is 19.1 Å². The number of likely N-dealkylation sites (N-methyl/N-ethyl adjacent to an activating group) is 1. The average molecular weight is 419 g/mol.